The Bertz CT molecular complexity index is 359. The minimum atomic E-state index is 0.744. The Hall–Kier alpha value is -1.06. The Balaban J connectivity index is 1.83. The van der Waals surface area contributed by atoms with E-state index in [2.05, 4.69) is 36.0 Å². The molecule has 0 saturated carbocycles. The summed E-state index contributed by atoms with van der Waals surface area (Å²) in [5.41, 5.74) is 7.95. The van der Waals surface area contributed by atoms with E-state index in [0.29, 0.717) is 0 Å². The summed E-state index contributed by atoms with van der Waals surface area (Å²) in [5, 5.41) is 0. The van der Waals surface area contributed by atoms with Crippen molar-refractivity contribution in [1.82, 2.24) is 9.80 Å². The van der Waals surface area contributed by atoms with Crippen molar-refractivity contribution in [3.63, 3.8) is 0 Å². The number of benzene rings is 1. The second-order valence-electron chi connectivity index (χ2n) is 5.59. The molecule has 1 atom stereocenters. The highest BCUT2D eigenvalue weighted by Crippen LogP contribution is 2.18. The molecular weight excluding hydrogens is 222 g/mol. The number of likely N-dealkylation sites (N-methyl/N-ethyl adjacent to an activating group) is 1. The van der Waals surface area contributed by atoms with Gasteiger partial charge in [0.2, 0.25) is 0 Å². The van der Waals surface area contributed by atoms with Gasteiger partial charge in [-0.3, -0.25) is 4.90 Å². The van der Waals surface area contributed by atoms with Crippen LogP contribution in [0.2, 0.25) is 0 Å². The summed E-state index contributed by atoms with van der Waals surface area (Å²) in [7, 11) is 4.33. The first kappa shape index (κ1) is 13.4. The Morgan fingerprint density at radius 1 is 1.28 bits per heavy atom. The van der Waals surface area contributed by atoms with Crippen LogP contribution in [-0.4, -0.2) is 49.6 Å². The van der Waals surface area contributed by atoms with Crippen molar-refractivity contribution in [1.29, 1.82) is 0 Å². The van der Waals surface area contributed by atoms with Crippen molar-refractivity contribution >= 4 is 5.69 Å². The smallest absolute Gasteiger partial charge is 0.0314 e. The summed E-state index contributed by atoms with van der Waals surface area (Å²) >= 11 is 0. The normalized spacial score (nSPS) is 20.7. The van der Waals surface area contributed by atoms with Gasteiger partial charge in [-0.15, -0.1) is 0 Å². The number of nitrogens with zero attached hydrogens (tertiary/aromatic N) is 2. The molecule has 2 N–H and O–H groups in total. The van der Waals surface area contributed by atoms with Crippen LogP contribution < -0.4 is 5.73 Å². The van der Waals surface area contributed by atoms with Crippen LogP contribution in [0.15, 0.2) is 24.3 Å². The lowest BCUT2D eigenvalue weighted by molar-refractivity contribution is 0.210. The van der Waals surface area contributed by atoms with Gasteiger partial charge in [-0.05, 0) is 57.6 Å². The van der Waals surface area contributed by atoms with Gasteiger partial charge in [0.05, 0.1) is 0 Å². The molecule has 0 spiro atoms. The van der Waals surface area contributed by atoms with Gasteiger partial charge in [0.15, 0.2) is 0 Å². The molecule has 1 fully saturated rings. The van der Waals surface area contributed by atoms with Crippen LogP contribution in [0.25, 0.3) is 0 Å². The molecule has 0 amide bonds. The SMILES string of the molecule is CN(C)CC1CCCN1CCc1ccc(N)cc1. The highest BCUT2D eigenvalue weighted by Gasteiger charge is 2.24. The summed E-state index contributed by atoms with van der Waals surface area (Å²) in [6.07, 6.45) is 3.82. The van der Waals surface area contributed by atoms with Gasteiger partial charge >= 0.3 is 0 Å². The van der Waals surface area contributed by atoms with E-state index < -0.39 is 0 Å². The van der Waals surface area contributed by atoms with E-state index in [1.165, 1.54) is 38.0 Å². The monoisotopic (exact) mass is 247 g/mol. The standard InChI is InChI=1S/C15H25N3/c1-17(2)12-15-4-3-10-18(15)11-9-13-5-7-14(16)8-6-13/h5-8,15H,3-4,9-12,16H2,1-2H3. The van der Waals surface area contributed by atoms with Crippen LogP contribution in [-0.2, 0) is 6.42 Å². The van der Waals surface area contributed by atoms with Crippen LogP contribution in [0.1, 0.15) is 18.4 Å². The summed E-state index contributed by atoms with van der Waals surface area (Å²) < 4.78 is 0. The lowest BCUT2D eigenvalue weighted by Gasteiger charge is -2.27. The zero-order valence-corrected chi connectivity index (χ0v) is 11.6. The minimum absolute atomic E-state index is 0.744. The van der Waals surface area contributed by atoms with Gasteiger partial charge in [-0.2, -0.15) is 0 Å². The third-order valence-corrected chi connectivity index (χ3v) is 3.74. The summed E-state index contributed by atoms with van der Waals surface area (Å²) in [6, 6.07) is 9.03. The summed E-state index contributed by atoms with van der Waals surface area (Å²) in [4.78, 5) is 4.93. The summed E-state index contributed by atoms with van der Waals surface area (Å²) in [5.74, 6) is 0. The van der Waals surface area contributed by atoms with Crippen LogP contribution in [0, 0.1) is 0 Å². The van der Waals surface area contributed by atoms with Gasteiger partial charge < -0.3 is 10.6 Å². The van der Waals surface area contributed by atoms with E-state index in [-0.39, 0.29) is 0 Å². The lowest BCUT2D eigenvalue weighted by Crippen LogP contribution is -2.38. The molecule has 1 saturated heterocycles. The molecule has 0 aliphatic carbocycles. The van der Waals surface area contributed by atoms with Crippen LogP contribution >= 0.6 is 0 Å². The van der Waals surface area contributed by atoms with Crippen LogP contribution in [0.4, 0.5) is 5.69 Å². The fourth-order valence-electron chi connectivity index (χ4n) is 2.77. The number of rotatable bonds is 5. The molecule has 1 aromatic rings. The maximum Gasteiger partial charge on any atom is 0.0314 e. The Kier molecular flexibility index (Phi) is 4.61. The zero-order chi connectivity index (χ0) is 13.0. The van der Waals surface area contributed by atoms with Crippen LogP contribution in [0.5, 0.6) is 0 Å². The Morgan fingerprint density at radius 3 is 2.67 bits per heavy atom. The largest absolute Gasteiger partial charge is 0.399 e. The van der Waals surface area contributed by atoms with E-state index >= 15 is 0 Å². The molecule has 100 valence electrons. The lowest BCUT2D eigenvalue weighted by atomic mass is 10.1. The maximum atomic E-state index is 5.71. The van der Waals surface area contributed by atoms with Crippen molar-refractivity contribution < 1.29 is 0 Å². The second kappa shape index (κ2) is 6.21. The van der Waals surface area contributed by atoms with Gasteiger partial charge in [-0.25, -0.2) is 0 Å². The Morgan fingerprint density at radius 2 is 2.00 bits per heavy atom. The molecule has 3 heteroatoms. The molecule has 1 heterocycles. The molecule has 3 nitrogen and oxygen atoms in total. The highest BCUT2D eigenvalue weighted by atomic mass is 15.2. The van der Waals surface area contributed by atoms with E-state index in [4.69, 9.17) is 5.73 Å². The first-order valence-electron chi connectivity index (χ1n) is 6.88. The molecule has 0 aromatic heterocycles. The van der Waals surface area contributed by atoms with Crippen molar-refractivity contribution in [3.05, 3.63) is 29.8 Å². The number of nitrogen functional groups attached to an aromatic ring is 1. The predicted octanol–water partition coefficient (Wildman–Crippen LogP) is 1.84. The van der Waals surface area contributed by atoms with E-state index in [1.807, 2.05) is 12.1 Å². The first-order chi connectivity index (χ1) is 8.65. The fourth-order valence-corrected chi connectivity index (χ4v) is 2.77. The van der Waals surface area contributed by atoms with Crippen molar-refractivity contribution in [2.24, 2.45) is 0 Å². The number of likely N-dealkylation sites (tertiary alicyclic amines) is 1. The average Bonchev–Trinajstić information content (AvgIpc) is 2.75. The molecule has 18 heavy (non-hydrogen) atoms. The third kappa shape index (κ3) is 3.72. The third-order valence-electron chi connectivity index (χ3n) is 3.74. The molecule has 0 radical (unpaired) electrons. The molecule has 0 bridgehead atoms. The van der Waals surface area contributed by atoms with Crippen molar-refractivity contribution in [2.75, 3.05) is 39.5 Å². The van der Waals surface area contributed by atoms with Gasteiger partial charge in [-0.1, -0.05) is 12.1 Å². The van der Waals surface area contributed by atoms with Gasteiger partial charge in [0.25, 0.3) is 0 Å². The van der Waals surface area contributed by atoms with Crippen molar-refractivity contribution in [3.8, 4) is 0 Å². The van der Waals surface area contributed by atoms with Crippen LogP contribution in [0.3, 0.4) is 0 Å². The van der Waals surface area contributed by atoms with Gasteiger partial charge in [0.1, 0.15) is 0 Å². The van der Waals surface area contributed by atoms with E-state index in [9.17, 15) is 0 Å². The fraction of sp³-hybridized carbons (Fsp3) is 0.600. The Labute approximate surface area is 111 Å². The summed E-state index contributed by atoms with van der Waals surface area (Å²) in [6.45, 7) is 3.61. The number of anilines is 1. The molecule has 1 aliphatic rings. The molecule has 1 unspecified atom stereocenters. The first-order valence-corrected chi connectivity index (χ1v) is 6.88. The molecule has 1 aromatic carbocycles. The number of nitrogens with two attached hydrogens (primary N) is 1. The van der Waals surface area contributed by atoms with Gasteiger partial charge in [0, 0.05) is 24.8 Å². The topological polar surface area (TPSA) is 32.5 Å². The highest BCUT2D eigenvalue weighted by molar-refractivity contribution is 5.39. The minimum Gasteiger partial charge on any atom is -0.399 e. The molecule has 1 aliphatic heterocycles. The predicted molar refractivity (Wildman–Crippen MR) is 77.7 cm³/mol. The molecule has 2 rings (SSSR count). The second-order valence-corrected chi connectivity index (χ2v) is 5.59. The van der Waals surface area contributed by atoms with Crippen molar-refractivity contribution in [2.45, 2.75) is 25.3 Å². The number of hydrogen-bond donors (Lipinski definition) is 1. The quantitative estimate of drug-likeness (QED) is 0.806. The average molecular weight is 247 g/mol. The maximum absolute atomic E-state index is 5.71. The van der Waals surface area contributed by atoms with E-state index in [0.717, 1.165) is 18.2 Å². The molecular formula is C15H25N3. The number of hydrogen-bond acceptors (Lipinski definition) is 3. The zero-order valence-electron chi connectivity index (χ0n) is 11.6. The van der Waals surface area contributed by atoms with E-state index in [1.54, 1.807) is 0 Å².